The predicted molar refractivity (Wildman–Crippen MR) is 88.8 cm³/mol. The van der Waals surface area contributed by atoms with Crippen LogP contribution in [0, 0.1) is 0 Å². The van der Waals surface area contributed by atoms with Crippen LogP contribution in [-0.4, -0.2) is 57.7 Å². The van der Waals surface area contributed by atoms with Crippen molar-refractivity contribution in [2.45, 2.75) is 38.3 Å². The van der Waals surface area contributed by atoms with Crippen molar-refractivity contribution in [1.82, 2.24) is 30.1 Å². The van der Waals surface area contributed by atoms with Crippen molar-refractivity contribution in [3.63, 3.8) is 0 Å². The molecule has 2 aromatic rings. The maximum absolute atomic E-state index is 12.6. The number of hydrogen-bond acceptors (Lipinski definition) is 6. The molecule has 25 heavy (non-hydrogen) atoms. The lowest BCUT2D eigenvalue weighted by molar-refractivity contribution is 0.132. The zero-order valence-corrected chi connectivity index (χ0v) is 14.4. The van der Waals surface area contributed by atoms with Gasteiger partial charge in [0.05, 0.1) is 13.2 Å². The molecule has 1 atom stereocenters. The van der Waals surface area contributed by atoms with E-state index in [4.69, 9.17) is 9.26 Å². The SMILES string of the molecule is COCCc1noc(C2CCCCN2C(=O)NCCn2cccn2)n1. The Kier molecular flexibility index (Phi) is 5.99. The molecule has 3 rings (SSSR count). The number of urea groups is 1. The summed E-state index contributed by atoms with van der Waals surface area (Å²) in [7, 11) is 1.64. The molecule has 2 aromatic heterocycles. The molecule has 1 aliphatic rings. The number of nitrogens with zero attached hydrogens (tertiary/aromatic N) is 5. The van der Waals surface area contributed by atoms with Crippen LogP contribution >= 0.6 is 0 Å². The van der Waals surface area contributed by atoms with Crippen molar-refractivity contribution >= 4 is 6.03 Å². The Labute approximate surface area is 146 Å². The van der Waals surface area contributed by atoms with E-state index in [0.29, 0.717) is 44.4 Å². The zero-order chi connectivity index (χ0) is 17.5. The molecule has 1 saturated heterocycles. The summed E-state index contributed by atoms with van der Waals surface area (Å²) in [6, 6.07) is 1.59. The second kappa shape index (κ2) is 8.61. The first kappa shape index (κ1) is 17.4. The average molecular weight is 348 g/mol. The minimum atomic E-state index is -0.165. The number of hydrogen-bond donors (Lipinski definition) is 1. The van der Waals surface area contributed by atoms with Gasteiger partial charge in [-0.25, -0.2) is 4.79 Å². The van der Waals surface area contributed by atoms with Gasteiger partial charge in [-0.1, -0.05) is 5.16 Å². The van der Waals surface area contributed by atoms with Crippen LogP contribution in [0.4, 0.5) is 4.79 Å². The molecule has 0 radical (unpaired) electrons. The van der Waals surface area contributed by atoms with Gasteiger partial charge in [0, 0.05) is 39.0 Å². The Balaban J connectivity index is 1.57. The number of carbonyl (C=O) groups excluding carboxylic acids is 1. The Morgan fingerprint density at radius 1 is 1.48 bits per heavy atom. The molecule has 1 fully saturated rings. The van der Waals surface area contributed by atoms with Gasteiger partial charge in [-0.05, 0) is 25.3 Å². The molecular weight excluding hydrogens is 324 g/mol. The Morgan fingerprint density at radius 3 is 3.20 bits per heavy atom. The van der Waals surface area contributed by atoms with Crippen molar-refractivity contribution in [3.05, 3.63) is 30.2 Å². The van der Waals surface area contributed by atoms with Crippen molar-refractivity contribution < 1.29 is 14.1 Å². The maximum Gasteiger partial charge on any atom is 0.318 e. The maximum atomic E-state index is 12.6. The lowest BCUT2D eigenvalue weighted by Gasteiger charge is -2.33. The third kappa shape index (κ3) is 4.56. The number of nitrogens with one attached hydrogen (secondary N) is 1. The molecule has 2 amide bonds. The second-order valence-corrected chi connectivity index (χ2v) is 6.00. The first-order valence-corrected chi connectivity index (χ1v) is 8.61. The molecule has 3 heterocycles. The van der Waals surface area contributed by atoms with Crippen LogP contribution in [0.5, 0.6) is 0 Å². The summed E-state index contributed by atoms with van der Waals surface area (Å²) in [6.07, 6.45) is 7.04. The van der Waals surface area contributed by atoms with Crippen molar-refractivity contribution in [3.8, 4) is 0 Å². The summed E-state index contributed by atoms with van der Waals surface area (Å²) in [5.74, 6) is 1.12. The molecule has 9 nitrogen and oxygen atoms in total. The largest absolute Gasteiger partial charge is 0.384 e. The van der Waals surface area contributed by atoms with E-state index in [0.717, 1.165) is 19.3 Å². The van der Waals surface area contributed by atoms with E-state index in [2.05, 4.69) is 20.6 Å². The summed E-state index contributed by atoms with van der Waals surface area (Å²) in [6.45, 7) is 2.39. The van der Waals surface area contributed by atoms with Gasteiger partial charge in [0.2, 0.25) is 5.89 Å². The molecule has 0 bridgehead atoms. The minimum Gasteiger partial charge on any atom is -0.384 e. The van der Waals surface area contributed by atoms with Crippen LogP contribution in [0.3, 0.4) is 0 Å². The van der Waals surface area contributed by atoms with Gasteiger partial charge in [0.25, 0.3) is 0 Å². The topological polar surface area (TPSA) is 98.3 Å². The van der Waals surface area contributed by atoms with Crippen molar-refractivity contribution in [1.29, 1.82) is 0 Å². The average Bonchev–Trinajstić information content (AvgIpc) is 3.32. The quantitative estimate of drug-likeness (QED) is 0.812. The van der Waals surface area contributed by atoms with Gasteiger partial charge in [0.15, 0.2) is 5.82 Å². The molecule has 136 valence electrons. The summed E-state index contributed by atoms with van der Waals surface area (Å²) in [5.41, 5.74) is 0. The van der Waals surface area contributed by atoms with E-state index in [1.807, 2.05) is 12.3 Å². The van der Waals surface area contributed by atoms with Crippen LogP contribution in [-0.2, 0) is 17.7 Å². The Bertz CT molecular complexity index is 657. The number of likely N-dealkylation sites (tertiary alicyclic amines) is 1. The summed E-state index contributed by atoms with van der Waals surface area (Å²) >= 11 is 0. The number of carbonyl (C=O) groups is 1. The van der Waals surface area contributed by atoms with Gasteiger partial charge in [-0.15, -0.1) is 0 Å². The van der Waals surface area contributed by atoms with Gasteiger partial charge < -0.3 is 19.5 Å². The molecule has 0 aromatic carbocycles. The molecule has 0 saturated carbocycles. The fourth-order valence-electron chi connectivity index (χ4n) is 2.94. The third-order valence-corrected chi connectivity index (χ3v) is 4.24. The first-order chi connectivity index (χ1) is 12.3. The van der Waals surface area contributed by atoms with E-state index in [1.54, 1.807) is 22.9 Å². The smallest absolute Gasteiger partial charge is 0.318 e. The molecule has 1 aliphatic heterocycles. The van der Waals surface area contributed by atoms with Crippen LogP contribution in [0.2, 0.25) is 0 Å². The highest BCUT2D eigenvalue weighted by Gasteiger charge is 2.32. The number of amides is 2. The normalized spacial score (nSPS) is 17.6. The number of piperidine rings is 1. The molecule has 0 aliphatic carbocycles. The number of rotatable bonds is 7. The summed E-state index contributed by atoms with van der Waals surface area (Å²) in [4.78, 5) is 18.8. The third-order valence-electron chi connectivity index (χ3n) is 4.24. The molecule has 1 unspecified atom stereocenters. The predicted octanol–water partition coefficient (Wildman–Crippen LogP) is 1.39. The molecular formula is C16H24N6O3. The molecule has 9 heteroatoms. The van der Waals surface area contributed by atoms with Gasteiger partial charge in [0.1, 0.15) is 6.04 Å². The fourth-order valence-corrected chi connectivity index (χ4v) is 2.94. The van der Waals surface area contributed by atoms with Crippen LogP contribution in [0.15, 0.2) is 23.0 Å². The number of methoxy groups -OCH3 is 1. The molecule has 0 spiro atoms. The monoisotopic (exact) mass is 348 g/mol. The van der Waals surface area contributed by atoms with Gasteiger partial charge in [-0.3, -0.25) is 4.68 Å². The van der Waals surface area contributed by atoms with E-state index < -0.39 is 0 Å². The highest BCUT2D eigenvalue weighted by Crippen LogP contribution is 2.29. The molecule has 1 N–H and O–H groups in total. The van der Waals surface area contributed by atoms with E-state index in [1.165, 1.54) is 0 Å². The summed E-state index contributed by atoms with van der Waals surface area (Å²) < 4.78 is 12.2. The van der Waals surface area contributed by atoms with Crippen LogP contribution in [0.25, 0.3) is 0 Å². The second-order valence-electron chi connectivity index (χ2n) is 6.00. The number of aromatic nitrogens is 4. The highest BCUT2D eigenvalue weighted by atomic mass is 16.5. The van der Waals surface area contributed by atoms with E-state index in [-0.39, 0.29) is 12.1 Å². The Hall–Kier alpha value is -2.42. The lowest BCUT2D eigenvalue weighted by Crippen LogP contribution is -2.45. The van der Waals surface area contributed by atoms with E-state index in [9.17, 15) is 4.79 Å². The van der Waals surface area contributed by atoms with Crippen LogP contribution < -0.4 is 5.32 Å². The zero-order valence-electron chi connectivity index (χ0n) is 14.4. The van der Waals surface area contributed by atoms with Crippen molar-refractivity contribution in [2.24, 2.45) is 0 Å². The van der Waals surface area contributed by atoms with E-state index >= 15 is 0 Å². The fraction of sp³-hybridized carbons (Fsp3) is 0.625. The van der Waals surface area contributed by atoms with Gasteiger partial charge >= 0.3 is 6.03 Å². The first-order valence-electron chi connectivity index (χ1n) is 8.61. The van der Waals surface area contributed by atoms with Crippen LogP contribution in [0.1, 0.15) is 37.0 Å². The Morgan fingerprint density at radius 2 is 2.40 bits per heavy atom. The van der Waals surface area contributed by atoms with Crippen molar-refractivity contribution in [2.75, 3.05) is 26.8 Å². The lowest BCUT2D eigenvalue weighted by atomic mass is 10.0. The highest BCUT2D eigenvalue weighted by molar-refractivity contribution is 5.74. The standard InChI is InChI=1S/C16H24N6O3/c1-24-12-6-14-19-15(25-20-14)13-5-2-3-10-22(13)16(23)17-8-11-21-9-4-7-18-21/h4,7,9,13H,2-3,5-6,8,10-12H2,1H3,(H,17,23). The minimum absolute atomic E-state index is 0.103. The number of ether oxygens (including phenoxy) is 1. The van der Waals surface area contributed by atoms with Gasteiger partial charge in [-0.2, -0.15) is 10.1 Å². The summed E-state index contributed by atoms with van der Waals surface area (Å²) in [5, 5.41) is 11.1.